The van der Waals surface area contributed by atoms with Crippen molar-refractivity contribution >= 4 is 17.7 Å². The van der Waals surface area contributed by atoms with E-state index in [0.29, 0.717) is 28.7 Å². The summed E-state index contributed by atoms with van der Waals surface area (Å²) in [5, 5.41) is 17.2. The number of nitrogens with zero attached hydrogens (tertiary/aromatic N) is 3. The number of hydrogen-bond acceptors (Lipinski definition) is 4. The molecule has 5 nitrogen and oxygen atoms in total. The molecule has 7 heteroatoms. The van der Waals surface area contributed by atoms with Crippen LogP contribution in [0.3, 0.4) is 0 Å². The van der Waals surface area contributed by atoms with Crippen LogP contribution < -0.4 is 0 Å². The third kappa shape index (κ3) is 2.82. The molecule has 0 saturated carbocycles. The number of benzene rings is 1. The Balaban J connectivity index is 2.50. The first-order valence-corrected chi connectivity index (χ1v) is 7.07. The van der Waals surface area contributed by atoms with Crippen molar-refractivity contribution in [3.05, 3.63) is 35.4 Å². The lowest BCUT2D eigenvalue weighted by Crippen LogP contribution is -2.06. The summed E-state index contributed by atoms with van der Waals surface area (Å²) in [4.78, 5) is 10.7. The van der Waals surface area contributed by atoms with E-state index in [0.717, 1.165) is 11.8 Å². The fourth-order valence-corrected chi connectivity index (χ4v) is 2.51. The van der Waals surface area contributed by atoms with Gasteiger partial charge < -0.3 is 5.11 Å². The molecule has 0 radical (unpaired) electrons. The first-order chi connectivity index (χ1) is 9.54. The van der Waals surface area contributed by atoms with Crippen molar-refractivity contribution in [2.75, 3.05) is 5.75 Å². The van der Waals surface area contributed by atoms with Crippen molar-refractivity contribution in [1.29, 1.82) is 0 Å². The molecule has 0 aliphatic carbocycles. The first kappa shape index (κ1) is 14.5. The Morgan fingerprint density at radius 3 is 2.85 bits per heavy atom. The second kappa shape index (κ2) is 6.04. The summed E-state index contributed by atoms with van der Waals surface area (Å²) in [7, 11) is 0. The van der Waals surface area contributed by atoms with Crippen LogP contribution in [0.25, 0.3) is 5.69 Å². The third-order valence-electron chi connectivity index (χ3n) is 2.82. The van der Waals surface area contributed by atoms with Crippen molar-refractivity contribution < 1.29 is 14.3 Å². The van der Waals surface area contributed by atoms with E-state index in [-0.39, 0.29) is 11.6 Å². The zero-order valence-corrected chi connectivity index (χ0v) is 11.9. The second-order valence-corrected chi connectivity index (χ2v) is 5.10. The number of aliphatic carboxylic acids is 1. The van der Waals surface area contributed by atoms with Gasteiger partial charge in [0.1, 0.15) is 11.6 Å². The Hall–Kier alpha value is -1.89. The van der Waals surface area contributed by atoms with Gasteiger partial charge in [-0.05, 0) is 19.1 Å². The summed E-state index contributed by atoms with van der Waals surface area (Å²) < 4.78 is 15.4. The van der Waals surface area contributed by atoms with Gasteiger partial charge in [-0.25, -0.2) is 4.39 Å². The van der Waals surface area contributed by atoms with Crippen molar-refractivity contribution in [3.63, 3.8) is 0 Å². The minimum Gasteiger partial charge on any atom is -0.481 e. The number of halogens is 1. The summed E-state index contributed by atoms with van der Waals surface area (Å²) in [6.45, 7) is 3.59. The summed E-state index contributed by atoms with van der Waals surface area (Å²) in [5.41, 5.74) is 1.12. The molecule has 106 valence electrons. The van der Waals surface area contributed by atoms with Crippen LogP contribution in [0.4, 0.5) is 4.39 Å². The molecule has 2 aromatic rings. The molecule has 0 fully saturated rings. The molecule has 0 aliphatic heterocycles. The van der Waals surface area contributed by atoms with Gasteiger partial charge in [0.25, 0.3) is 0 Å². The number of hydrogen-bond donors (Lipinski definition) is 1. The molecule has 1 aromatic carbocycles. The molecule has 1 N–H and O–H groups in total. The third-order valence-corrected chi connectivity index (χ3v) is 3.74. The predicted octanol–water partition coefficient (Wildman–Crippen LogP) is 2.45. The van der Waals surface area contributed by atoms with Gasteiger partial charge in [0.05, 0.1) is 11.4 Å². The van der Waals surface area contributed by atoms with Gasteiger partial charge in [0, 0.05) is 12.0 Å². The number of carboxylic acid groups (broad SMARTS) is 1. The fraction of sp³-hybridized carbons (Fsp3) is 0.308. The molecule has 1 heterocycles. The van der Waals surface area contributed by atoms with E-state index < -0.39 is 5.97 Å². The van der Waals surface area contributed by atoms with Gasteiger partial charge in [-0.3, -0.25) is 9.36 Å². The minimum atomic E-state index is -0.932. The number of carbonyl (C=O) groups is 1. The van der Waals surface area contributed by atoms with Gasteiger partial charge in [-0.1, -0.05) is 24.8 Å². The van der Waals surface area contributed by atoms with E-state index in [1.165, 1.54) is 6.07 Å². The highest BCUT2D eigenvalue weighted by Gasteiger charge is 2.17. The van der Waals surface area contributed by atoms with E-state index in [2.05, 4.69) is 10.2 Å². The highest BCUT2D eigenvalue weighted by Crippen LogP contribution is 2.25. The topological polar surface area (TPSA) is 68.0 Å². The average molecular weight is 295 g/mol. The molecule has 0 atom stereocenters. The Bertz CT molecular complexity index is 643. The van der Waals surface area contributed by atoms with Crippen LogP contribution in [-0.2, 0) is 11.2 Å². The highest BCUT2D eigenvalue weighted by molar-refractivity contribution is 7.99. The van der Waals surface area contributed by atoms with Crippen molar-refractivity contribution in [2.45, 2.75) is 25.4 Å². The van der Waals surface area contributed by atoms with Crippen LogP contribution in [0.15, 0.2) is 23.4 Å². The maximum Gasteiger partial charge on any atom is 0.313 e. The molecular formula is C13H14FN3O2S. The molecule has 2 rings (SSSR count). The molecular weight excluding hydrogens is 281 g/mol. The van der Waals surface area contributed by atoms with Crippen LogP contribution >= 0.6 is 11.8 Å². The average Bonchev–Trinajstić information content (AvgIpc) is 2.82. The Morgan fingerprint density at radius 1 is 1.45 bits per heavy atom. The van der Waals surface area contributed by atoms with Crippen LogP contribution in [0.1, 0.15) is 18.3 Å². The Morgan fingerprint density at radius 2 is 2.20 bits per heavy atom. The molecule has 0 unspecified atom stereocenters. The number of aryl methyl sites for hydroxylation is 1. The van der Waals surface area contributed by atoms with Gasteiger partial charge >= 0.3 is 5.97 Å². The molecule has 0 spiro atoms. The molecule has 0 aliphatic rings. The second-order valence-electron chi connectivity index (χ2n) is 4.15. The van der Waals surface area contributed by atoms with Crippen molar-refractivity contribution in [3.8, 4) is 5.69 Å². The Labute approximate surface area is 119 Å². The lowest BCUT2D eigenvalue weighted by molar-refractivity contribution is -0.133. The highest BCUT2D eigenvalue weighted by atomic mass is 32.2. The standard InChI is InChI=1S/C13H14FN3O2S/c1-3-11-15-16-13(20-7-12(18)19)17(11)10-6-4-5-9(14)8(10)2/h4-6H,3,7H2,1-2H3,(H,18,19). The van der Waals surface area contributed by atoms with Crippen molar-refractivity contribution in [2.24, 2.45) is 0 Å². The largest absolute Gasteiger partial charge is 0.481 e. The molecule has 0 saturated heterocycles. The quantitative estimate of drug-likeness (QED) is 0.858. The van der Waals surface area contributed by atoms with Crippen LogP contribution in [0.2, 0.25) is 0 Å². The maximum atomic E-state index is 13.7. The zero-order valence-electron chi connectivity index (χ0n) is 11.1. The first-order valence-electron chi connectivity index (χ1n) is 6.09. The van der Waals surface area contributed by atoms with E-state index in [4.69, 9.17) is 5.11 Å². The number of thioether (sulfide) groups is 1. The summed E-state index contributed by atoms with van der Waals surface area (Å²) in [6.07, 6.45) is 0.622. The Kier molecular flexibility index (Phi) is 4.39. The number of carboxylic acids is 1. The maximum absolute atomic E-state index is 13.7. The van der Waals surface area contributed by atoms with Crippen LogP contribution in [-0.4, -0.2) is 31.6 Å². The number of rotatable bonds is 5. The molecule has 0 bridgehead atoms. The smallest absolute Gasteiger partial charge is 0.313 e. The molecule has 1 aromatic heterocycles. The monoisotopic (exact) mass is 295 g/mol. The predicted molar refractivity (Wildman–Crippen MR) is 73.8 cm³/mol. The number of aromatic nitrogens is 3. The lowest BCUT2D eigenvalue weighted by atomic mass is 10.2. The molecule has 20 heavy (non-hydrogen) atoms. The van der Waals surface area contributed by atoms with Gasteiger partial charge in [-0.2, -0.15) is 0 Å². The van der Waals surface area contributed by atoms with Crippen LogP contribution in [0.5, 0.6) is 0 Å². The van der Waals surface area contributed by atoms with Crippen LogP contribution in [0, 0.1) is 12.7 Å². The normalized spacial score (nSPS) is 10.8. The van der Waals surface area contributed by atoms with E-state index in [1.54, 1.807) is 23.6 Å². The molecule has 0 amide bonds. The summed E-state index contributed by atoms with van der Waals surface area (Å²) >= 11 is 1.07. The summed E-state index contributed by atoms with van der Waals surface area (Å²) in [6, 6.07) is 4.77. The fourth-order valence-electron chi connectivity index (χ4n) is 1.83. The SMILES string of the molecule is CCc1nnc(SCC(=O)O)n1-c1cccc(F)c1C. The lowest BCUT2D eigenvalue weighted by Gasteiger charge is -2.12. The van der Waals surface area contributed by atoms with Gasteiger partial charge in [0.15, 0.2) is 5.16 Å². The summed E-state index contributed by atoms with van der Waals surface area (Å²) in [5.74, 6) is -0.687. The van der Waals surface area contributed by atoms with Gasteiger partial charge in [0.2, 0.25) is 0 Å². The van der Waals surface area contributed by atoms with E-state index in [1.807, 2.05) is 6.92 Å². The minimum absolute atomic E-state index is 0.115. The zero-order chi connectivity index (χ0) is 14.7. The van der Waals surface area contributed by atoms with Crippen molar-refractivity contribution in [1.82, 2.24) is 14.8 Å². The van der Waals surface area contributed by atoms with E-state index >= 15 is 0 Å². The van der Waals surface area contributed by atoms with E-state index in [9.17, 15) is 9.18 Å². The van der Waals surface area contributed by atoms with Gasteiger partial charge in [-0.15, -0.1) is 10.2 Å².